The quantitative estimate of drug-likeness (QED) is 0.500. The molecule has 2 rings (SSSR count). The fourth-order valence-corrected chi connectivity index (χ4v) is 2.07. The summed E-state index contributed by atoms with van der Waals surface area (Å²) >= 11 is 23.1. The van der Waals surface area contributed by atoms with Gasteiger partial charge in [-0.2, -0.15) is 4.39 Å². The van der Waals surface area contributed by atoms with Gasteiger partial charge in [0.2, 0.25) is 5.95 Å². The first-order valence-corrected chi connectivity index (χ1v) is 5.97. The highest BCUT2D eigenvalue weighted by Gasteiger charge is 2.11. The highest BCUT2D eigenvalue weighted by molar-refractivity contribution is 6.48. The molecule has 0 atom stereocenters. The molecule has 1 aromatic carbocycles. The molecule has 1 aromatic heterocycles. The summed E-state index contributed by atoms with van der Waals surface area (Å²) in [5, 5.41) is 0.823. The molecule has 0 unspecified atom stereocenters. The predicted molar refractivity (Wildman–Crippen MR) is 69.7 cm³/mol. The van der Waals surface area contributed by atoms with Crippen molar-refractivity contribution in [2.24, 2.45) is 0 Å². The van der Waals surface area contributed by atoms with Gasteiger partial charge in [-0.05, 0) is 29.8 Å². The van der Waals surface area contributed by atoms with Gasteiger partial charge in [-0.25, -0.2) is 4.98 Å². The summed E-state index contributed by atoms with van der Waals surface area (Å²) in [6.07, 6.45) is 0. The number of halogens is 5. The number of aromatic nitrogens is 1. The molecule has 6 heteroatoms. The van der Waals surface area contributed by atoms with Crippen LogP contribution in [0.3, 0.4) is 0 Å². The van der Waals surface area contributed by atoms with Crippen LogP contribution in [0.1, 0.15) is 0 Å². The molecule has 0 saturated carbocycles. The minimum Gasteiger partial charge on any atom is -0.207 e. The molecule has 0 aliphatic carbocycles. The lowest BCUT2D eigenvalue weighted by atomic mass is 10.1. The SMILES string of the molecule is Fc1nc(Cl)ccc1-c1cc(Cl)c(Cl)c(Cl)c1. The van der Waals surface area contributed by atoms with E-state index in [0.29, 0.717) is 5.56 Å². The summed E-state index contributed by atoms with van der Waals surface area (Å²) in [6, 6.07) is 6.02. The van der Waals surface area contributed by atoms with E-state index >= 15 is 0 Å². The Balaban J connectivity index is 2.61. The number of pyridine rings is 1. The van der Waals surface area contributed by atoms with Crippen molar-refractivity contribution in [1.82, 2.24) is 4.98 Å². The van der Waals surface area contributed by atoms with Crippen molar-refractivity contribution in [2.75, 3.05) is 0 Å². The third-order valence-electron chi connectivity index (χ3n) is 2.11. The van der Waals surface area contributed by atoms with Crippen molar-refractivity contribution in [2.45, 2.75) is 0 Å². The maximum absolute atomic E-state index is 13.6. The lowest BCUT2D eigenvalue weighted by Gasteiger charge is -2.06. The van der Waals surface area contributed by atoms with Crippen molar-refractivity contribution in [3.05, 3.63) is 50.4 Å². The second-order valence-electron chi connectivity index (χ2n) is 3.23. The molecule has 0 N–H and O–H groups in total. The molecule has 1 nitrogen and oxygen atoms in total. The fourth-order valence-electron chi connectivity index (χ4n) is 1.34. The molecule has 2 aromatic rings. The minimum absolute atomic E-state index is 0.0809. The Hall–Kier alpha value is -0.540. The molecule has 0 saturated heterocycles. The number of nitrogens with zero attached hydrogens (tertiary/aromatic N) is 1. The maximum atomic E-state index is 13.6. The molecule has 1 heterocycles. The molecular formula is C11H4Cl4FN. The lowest BCUT2D eigenvalue weighted by molar-refractivity contribution is 0.588. The van der Waals surface area contributed by atoms with Crippen LogP contribution in [0.4, 0.5) is 4.39 Å². The zero-order chi connectivity index (χ0) is 12.6. The van der Waals surface area contributed by atoms with Crippen LogP contribution in [0.25, 0.3) is 11.1 Å². The molecule has 88 valence electrons. The van der Waals surface area contributed by atoms with Gasteiger partial charge in [0.05, 0.1) is 15.1 Å². The van der Waals surface area contributed by atoms with Gasteiger partial charge in [-0.1, -0.05) is 46.4 Å². The molecule has 0 spiro atoms. The standard InChI is InChI=1S/C11H4Cl4FN/c12-7-3-5(4-8(13)10(7)15)6-1-2-9(14)17-11(6)16/h1-4H. The topological polar surface area (TPSA) is 12.9 Å². The van der Waals surface area contributed by atoms with Crippen molar-refractivity contribution < 1.29 is 4.39 Å². The molecule has 0 radical (unpaired) electrons. The summed E-state index contributed by atoms with van der Waals surface area (Å²) in [5.74, 6) is -0.688. The first kappa shape index (κ1) is 12.9. The molecule has 0 bridgehead atoms. The van der Waals surface area contributed by atoms with Gasteiger partial charge in [-0.3, -0.25) is 0 Å². The third kappa shape index (κ3) is 2.66. The van der Waals surface area contributed by atoms with E-state index in [1.54, 1.807) is 0 Å². The summed E-state index contributed by atoms with van der Waals surface area (Å²) in [6.45, 7) is 0. The monoisotopic (exact) mass is 309 g/mol. The minimum atomic E-state index is -0.688. The largest absolute Gasteiger partial charge is 0.222 e. The molecule has 17 heavy (non-hydrogen) atoms. The summed E-state index contributed by atoms with van der Waals surface area (Å²) in [5.41, 5.74) is 0.751. The van der Waals surface area contributed by atoms with Crippen LogP contribution in [0.2, 0.25) is 20.2 Å². The second kappa shape index (κ2) is 4.99. The van der Waals surface area contributed by atoms with Crippen molar-refractivity contribution in [1.29, 1.82) is 0 Å². The van der Waals surface area contributed by atoms with Crippen LogP contribution in [0.5, 0.6) is 0 Å². The van der Waals surface area contributed by atoms with Crippen molar-refractivity contribution >= 4 is 46.4 Å². The number of hydrogen-bond acceptors (Lipinski definition) is 1. The van der Waals surface area contributed by atoms with Gasteiger partial charge in [0, 0.05) is 5.56 Å². The Labute approximate surface area is 117 Å². The van der Waals surface area contributed by atoms with Crippen molar-refractivity contribution in [3.63, 3.8) is 0 Å². The van der Waals surface area contributed by atoms with Crippen LogP contribution < -0.4 is 0 Å². The Kier molecular flexibility index (Phi) is 3.79. The molecule has 0 aliphatic rings. The molecular weight excluding hydrogens is 307 g/mol. The summed E-state index contributed by atoms with van der Waals surface area (Å²) in [7, 11) is 0. The van der Waals surface area contributed by atoms with Gasteiger partial charge in [0.1, 0.15) is 5.15 Å². The van der Waals surface area contributed by atoms with E-state index in [2.05, 4.69) is 4.98 Å². The zero-order valence-electron chi connectivity index (χ0n) is 8.15. The predicted octanol–water partition coefficient (Wildman–Crippen LogP) is 5.50. The fraction of sp³-hybridized carbons (Fsp3) is 0. The van der Waals surface area contributed by atoms with Gasteiger partial charge < -0.3 is 0 Å². The highest BCUT2D eigenvalue weighted by atomic mass is 35.5. The van der Waals surface area contributed by atoms with Gasteiger partial charge in [0.15, 0.2) is 0 Å². The smallest absolute Gasteiger partial charge is 0.207 e. The summed E-state index contributed by atoms with van der Waals surface area (Å²) in [4.78, 5) is 3.51. The van der Waals surface area contributed by atoms with Crippen molar-refractivity contribution in [3.8, 4) is 11.1 Å². The first-order chi connectivity index (χ1) is 7.99. The average molecular weight is 311 g/mol. The van der Waals surface area contributed by atoms with Crippen LogP contribution in [-0.4, -0.2) is 4.98 Å². The number of benzene rings is 1. The van der Waals surface area contributed by atoms with E-state index in [4.69, 9.17) is 46.4 Å². The summed E-state index contributed by atoms with van der Waals surface area (Å²) < 4.78 is 13.6. The van der Waals surface area contributed by atoms with E-state index in [0.717, 1.165) is 0 Å². The lowest BCUT2D eigenvalue weighted by Crippen LogP contribution is -1.89. The van der Waals surface area contributed by atoms with E-state index in [1.165, 1.54) is 24.3 Å². The Morgan fingerprint density at radius 2 is 1.53 bits per heavy atom. The van der Waals surface area contributed by atoms with Gasteiger partial charge in [0.25, 0.3) is 0 Å². The molecule has 0 amide bonds. The van der Waals surface area contributed by atoms with E-state index < -0.39 is 5.95 Å². The van der Waals surface area contributed by atoms with Crippen LogP contribution >= 0.6 is 46.4 Å². The van der Waals surface area contributed by atoms with Gasteiger partial charge in [-0.15, -0.1) is 0 Å². The Morgan fingerprint density at radius 1 is 0.941 bits per heavy atom. The maximum Gasteiger partial charge on any atom is 0.222 e. The highest BCUT2D eigenvalue weighted by Crippen LogP contribution is 2.35. The Bertz CT molecular complexity index is 563. The normalized spacial score (nSPS) is 10.6. The van der Waals surface area contributed by atoms with Crippen LogP contribution in [0.15, 0.2) is 24.3 Å². The van der Waals surface area contributed by atoms with Gasteiger partial charge >= 0.3 is 0 Å². The van der Waals surface area contributed by atoms with Crippen LogP contribution in [0, 0.1) is 5.95 Å². The number of hydrogen-bond donors (Lipinski definition) is 0. The number of rotatable bonds is 1. The van der Waals surface area contributed by atoms with E-state index in [-0.39, 0.29) is 25.8 Å². The Morgan fingerprint density at radius 3 is 2.06 bits per heavy atom. The average Bonchev–Trinajstić information content (AvgIpc) is 2.25. The first-order valence-electron chi connectivity index (χ1n) is 4.46. The third-order valence-corrected chi connectivity index (χ3v) is 3.52. The van der Waals surface area contributed by atoms with E-state index in [1.807, 2.05) is 0 Å². The molecule has 0 fully saturated rings. The zero-order valence-corrected chi connectivity index (χ0v) is 11.2. The van der Waals surface area contributed by atoms with E-state index in [9.17, 15) is 4.39 Å². The second-order valence-corrected chi connectivity index (χ2v) is 4.81. The molecule has 0 aliphatic heterocycles. The van der Waals surface area contributed by atoms with Crippen LogP contribution in [-0.2, 0) is 0 Å².